The summed E-state index contributed by atoms with van der Waals surface area (Å²) >= 11 is 7.38. The van der Waals surface area contributed by atoms with Gasteiger partial charge in [0.25, 0.3) is 5.56 Å². The number of esters is 1. The van der Waals surface area contributed by atoms with Crippen molar-refractivity contribution in [3.05, 3.63) is 62.0 Å². The summed E-state index contributed by atoms with van der Waals surface area (Å²) in [7, 11) is 0. The molecule has 6 nitrogen and oxygen atoms in total. The van der Waals surface area contributed by atoms with Crippen LogP contribution in [0.1, 0.15) is 36.0 Å². The standard InChI is InChI=1S/C20H19ClN2O4S/c1-12(27-15-8-6-13(21)7-9-15)19(25)26-11-14-10-18(24)23-16-4-2-3-5-17(16)28-20(23)22-14/h6-10,12H,2-5,11H2,1H3/t12-/m0/s1. The quantitative estimate of drug-likeness (QED) is 0.589. The molecule has 1 atom stereocenters. The SMILES string of the molecule is C[C@H](Oc1ccc(Cl)cc1)C(=O)OCc1cc(=O)n2c3c(sc2n1)CCCC3. The van der Waals surface area contributed by atoms with Crippen molar-refractivity contribution < 1.29 is 14.3 Å². The number of aryl methyl sites for hydroxylation is 2. The molecule has 0 N–H and O–H groups in total. The van der Waals surface area contributed by atoms with E-state index in [9.17, 15) is 9.59 Å². The minimum absolute atomic E-state index is 0.0680. The molecule has 2 heterocycles. The number of nitrogens with zero attached hydrogens (tertiary/aromatic N) is 2. The molecule has 0 unspecified atom stereocenters. The molecule has 0 fully saturated rings. The second kappa shape index (κ2) is 7.93. The van der Waals surface area contributed by atoms with Gasteiger partial charge in [-0.05, 0) is 56.9 Å². The van der Waals surface area contributed by atoms with E-state index in [4.69, 9.17) is 21.1 Å². The highest BCUT2D eigenvalue weighted by molar-refractivity contribution is 7.17. The van der Waals surface area contributed by atoms with Gasteiger partial charge >= 0.3 is 5.97 Å². The van der Waals surface area contributed by atoms with E-state index in [0.717, 1.165) is 31.4 Å². The molecule has 4 rings (SSSR count). The van der Waals surface area contributed by atoms with Gasteiger partial charge in [0.15, 0.2) is 11.1 Å². The van der Waals surface area contributed by atoms with Crippen molar-refractivity contribution in [1.82, 2.24) is 9.38 Å². The maximum atomic E-state index is 12.5. The summed E-state index contributed by atoms with van der Waals surface area (Å²) in [4.78, 5) is 31.2. The first kappa shape index (κ1) is 19.0. The molecule has 1 aromatic carbocycles. The lowest BCUT2D eigenvalue weighted by atomic mass is 10.0. The van der Waals surface area contributed by atoms with Crippen LogP contribution in [0.2, 0.25) is 5.02 Å². The Morgan fingerprint density at radius 1 is 1.29 bits per heavy atom. The lowest BCUT2D eigenvalue weighted by Gasteiger charge is -2.14. The molecule has 2 aromatic heterocycles. The van der Waals surface area contributed by atoms with Gasteiger partial charge < -0.3 is 9.47 Å². The Hall–Kier alpha value is -2.38. The molecule has 3 aromatic rings. The highest BCUT2D eigenvalue weighted by Gasteiger charge is 2.20. The van der Waals surface area contributed by atoms with Crippen LogP contribution >= 0.6 is 22.9 Å². The van der Waals surface area contributed by atoms with E-state index < -0.39 is 12.1 Å². The molecule has 0 radical (unpaired) electrons. The number of aromatic nitrogens is 2. The van der Waals surface area contributed by atoms with Crippen LogP contribution in [-0.2, 0) is 29.0 Å². The topological polar surface area (TPSA) is 69.9 Å². The fourth-order valence-corrected chi connectivity index (χ4v) is 4.60. The number of carbonyl (C=O) groups excluding carboxylic acids is 1. The highest BCUT2D eigenvalue weighted by atomic mass is 35.5. The van der Waals surface area contributed by atoms with Crippen LogP contribution < -0.4 is 10.3 Å². The number of rotatable bonds is 5. The number of ether oxygens (including phenoxy) is 2. The number of benzene rings is 1. The number of hydrogen-bond donors (Lipinski definition) is 0. The summed E-state index contributed by atoms with van der Waals surface area (Å²) in [6, 6.07) is 8.17. The molecule has 0 saturated carbocycles. The predicted octanol–water partition coefficient (Wildman–Crippen LogP) is 3.80. The number of halogens is 1. The third-order valence-electron chi connectivity index (χ3n) is 4.64. The number of thiazole rings is 1. The second-order valence-corrected chi connectivity index (χ2v) is 8.20. The van der Waals surface area contributed by atoms with Crippen molar-refractivity contribution in [2.24, 2.45) is 0 Å². The van der Waals surface area contributed by atoms with Crippen LogP contribution in [-0.4, -0.2) is 21.5 Å². The summed E-state index contributed by atoms with van der Waals surface area (Å²) in [5.41, 5.74) is 1.40. The molecule has 0 saturated heterocycles. The summed E-state index contributed by atoms with van der Waals surface area (Å²) in [5, 5.41) is 0.589. The first-order valence-corrected chi connectivity index (χ1v) is 10.3. The van der Waals surface area contributed by atoms with E-state index in [1.807, 2.05) is 0 Å². The number of fused-ring (bicyclic) bond motifs is 3. The lowest BCUT2D eigenvalue weighted by Crippen LogP contribution is -2.26. The van der Waals surface area contributed by atoms with Gasteiger partial charge in [0, 0.05) is 21.7 Å². The molecule has 0 spiro atoms. The van der Waals surface area contributed by atoms with E-state index in [0.29, 0.717) is 21.4 Å². The highest BCUT2D eigenvalue weighted by Crippen LogP contribution is 2.28. The molecule has 0 bridgehead atoms. The summed E-state index contributed by atoms with van der Waals surface area (Å²) in [5.74, 6) is -0.00164. The zero-order chi connectivity index (χ0) is 19.7. The maximum absolute atomic E-state index is 12.5. The molecule has 0 aliphatic heterocycles. The van der Waals surface area contributed by atoms with Crippen molar-refractivity contribution in [2.75, 3.05) is 0 Å². The van der Waals surface area contributed by atoms with Crippen molar-refractivity contribution in [3.8, 4) is 5.75 Å². The fraction of sp³-hybridized carbons (Fsp3) is 0.350. The van der Waals surface area contributed by atoms with Crippen molar-refractivity contribution >= 4 is 33.9 Å². The zero-order valence-electron chi connectivity index (χ0n) is 15.3. The third-order valence-corrected chi connectivity index (χ3v) is 6.03. The largest absolute Gasteiger partial charge is 0.479 e. The molecular weight excluding hydrogens is 400 g/mol. The predicted molar refractivity (Wildman–Crippen MR) is 107 cm³/mol. The fourth-order valence-electron chi connectivity index (χ4n) is 3.24. The molecular formula is C20H19ClN2O4S. The molecule has 1 aliphatic rings. The lowest BCUT2D eigenvalue weighted by molar-refractivity contribution is -0.152. The van der Waals surface area contributed by atoms with Gasteiger partial charge in [0.2, 0.25) is 0 Å². The van der Waals surface area contributed by atoms with Gasteiger partial charge in [0.05, 0.1) is 5.69 Å². The summed E-state index contributed by atoms with van der Waals surface area (Å²) in [6.45, 7) is 1.54. The minimum Gasteiger partial charge on any atom is -0.479 e. The van der Waals surface area contributed by atoms with Crippen molar-refractivity contribution in [3.63, 3.8) is 0 Å². The van der Waals surface area contributed by atoms with Gasteiger partial charge in [0.1, 0.15) is 12.4 Å². The van der Waals surface area contributed by atoms with Crippen LogP contribution in [0.3, 0.4) is 0 Å². The monoisotopic (exact) mass is 418 g/mol. The Bertz CT molecular complexity index is 1070. The molecule has 1 aliphatic carbocycles. The van der Waals surface area contributed by atoms with Crippen LogP contribution in [0.4, 0.5) is 0 Å². The van der Waals surface area contributed by atoms with Crippen LogP contribution in [0.5, 0.6) is 5.75 Å². The minimum atomic E-state index is -0.792. The Morgan fingerprint density at radius 2 is 2.04 bits per heavy atom. The Kier molecular flexibility index (Phi) is 5.37. The number of hydrogen-bond acceptors (Lipinski definition) is 6. The van der Waals surface area contributed by atoms with E-state index >= 15 is 0 Å². The van der Waals surface area contributed by atoms with Gasteiger partial charge in [-0.25, -0.2) is 9.78 Å². The zero-order valence-corrected chi connectivity index (χ0v) is 16.9. The Morgan fingerprint density at radius 3 is 2.82 bits per heavy atom. The van der Waals surface area contributed by atoms with Gasteiger partial charge in [-0.15, -0.1) is 11.3 Å². The molecule has 146 valence electrons. The first-order chi connectivity index (χ1) is 13.5. The van der Waals surface area contributed by atoms with Crippen LogP contribution in [0, 0.1) is 0 Å². The van der Waals surface area contributed by atoms with Gasteiger partial charge in [-0.3, -0.25) is 9.20 Å². The normalized spacial score (nSPS) is 14.5. The van der Waals surface area contributed by atoms with Crippen molar-refractivity contribution in [2.45, 2.75) is 45.3 Å². The van der Waals surface area contributed by atoms with E-state index in [-0.39, 0.29) is 12.2 Å². The van der Waals surface area contributed by atoms with Crippen LogP contribution in [0.25, 0.3) is 4.96 Å². The van der Waals surface area contributed by atoms with E-state index in [2.05, 4.69) is 4.98 Å². The Balaban J connectivity index is 1.44. The van der Waals surface area contributed by atoms with Gasteiger partial charge in [-0.2, -0.15) is 0 Å². The van der Waals surface area contributed by atoms with Gasteiger partial charge in [-0.1, -0.05) is 11.6 Å². The third kappa shape index (κ3) is 3.91. The van der Waals surface area contributed by atoms with Crippen LogP contribution in [0.15, 0.2) is 35.1 Å². The molecule has 28 heavy (non-hydrogen) atoms. The summed E-state index contributed by atoms with van der Waals surface area (Å²) < 4.78 is 12.5. The average molecular weight is 419 g/mol. The Labute approximate surface area is 170 Å². The van der Waals surface area contributed by atoms with E-state index in [1.54, 1.807) is 46.9 Å². The smallest absolute Gasteiger partial charge is 0.347 e. The average Bonchev–Trinajstić information content (AvgIpc) is 3.06. The molecule has 0 amide bonds. The maximum Gasteiger partial charge on any atom is 0.347 e. The van der Waals surface area contributed by atoms with E-state index in [1.165, 1.54) is 10.9 Å². The first-order valence-electron chi connectivity index (χ1n) is 9.13. The van der Waals surface area contributed by atoms with Crippen molar-refractivity contribution in [1.29, 1.82) is 0 Å². The molecule has 8 heteroatoms. The number of carbonyl (C=O) groups is 1. The summed E-state index contributed by atoms with van der Waals surface area (Å²) in [6.07, 6.45) is 3.35. The second-order valence-electron chi connectivity index (χ2n) is 6.70.